The van der Waals surface area contributed by atoms with Gasteiger partial charge in [-0.2, -0.15) is 5.10 Å². The summed E-state index contributed by atoms with van der Waals surface area (Å²) in [6.45, 7) is 5.50. The fourth-order valence-corrected chi connectivity index (χ4v) is 3.23. The van der Waals surface area contributed by atoms with E-state index in [0.717, 1.165) is 17.8 Å². The molecule has 1 fully saturated rings. The lowest BCUT2D eigenvalue weighted by molar-refractivity contribution is -0.141. The summed E-state index contributed by atoms with van der Waals surface area (Å²) in [5.41, 5.74) is 6.80. The summed E-state index contributed by atoms with van der Waals surface area (Å²) >= 11 is 0. The van der Waals surface area contributed by atoms with Gasteiger partial charge in [0.05, 0.1) is 11.1 Å². The summed E-state index contributed by atoms with van der Waals surface area (Å²) in [7, 11) is 1.60. The van der Waals surface area contributed by atoms with E-state index in [0.29, 0.717) is 32.5 Å². The number of aryl methyl sites for hydroxylation is 2. The Bertz CT molecular complexity index is 584. The van der Waals surface area contributed by atoms with Crippen molar-refractivity contribution in [3.8, 4) is 0 Å². The predicted octanol–water partition coefficient (Wildman–Crippen LogP) is 0.631. The molecular weight excluding hydrogens is 296 g/mol. The Hall–Kier alpha value is -1.89. The standard InChI is InChI=1S/C16H26N4O3/c1-12-9-13(2)20(18-12)10-14(21)19-7-4-5-16(11-19,15(17)22)6-8-23-3/h9H,4-8,10-11H2,1-3H3,(H2,17,22). The van der Waals surface area contributed by atoms with Gasteiger partial charge in [-0.05, 0) is 39.2 Å². The molecule has 0 aliphatic carbocycles. The molecule has 1 aromatic rings. The van der Waals surface area contributed by atoms with E-state index in [1.807, 2.05) is 19.9 Å². The highest BCUT2D eigenvalue weighted by Gasteiger charge is 2.41. The molecule has 1 saturated heterocycles. The molecular formula is C16H26N4O3. The lowest BCUT2D eigenvalue weighted by Crippen LogP contribution is -2.53. The van der Waals surface area contributed by atoms with E-state index in [9.17, 15) is 9.59 Å². The quantitative estimate of drug-likeness (QED) is 0.832. The van der Waals surface area contributed by atoms with Crippen LogP contribution < -0.4 is 5.73 Å². The minimum Gasteiger partial charge on any atom is -0.385 e. The summed E-state index contributed by atoms with van der Waals surface area (Å²) in [5, 5.41) is 4.32. The largest absolute Gasteiger partial charge is 0.385 e. The maximum atomic E-state index is 12.6. The molecule has 1 aromatic heterocycles. The maximum absolute atomic E-state index is 12.6. The third kappa shape index (κ3) is 3.90. The van der Waals surface area contributed by atoms with Gasteiger partial charge in [0.25, 0.3) is 0 Å². The van der Waals surface area contributed by atoms with E-state index in [2.05, 4.69) is 5.10 Å². The second-order valence-electron chi connectivity index (χ2n) is 6.39. The van der Waals surface area contributed by atoms with Gasteiger partial charge in [0.15, 0.2) is 0 Å². The first-order valence-electron chi connectivity index (χ1n) is 7.95. The number of nitrogens with two attached hydrogens (primary N) is 1. The zero-order chi connectivity index (χ0) is 17.0. The average molecular weight is 322 g/mol. The minimum absolute atomic E-state index is 0.0288. The van der Waals surface area contributed by atoms with Gasteiger partial charge in [-0.15, -0.1) is 0 Å². The average Bonchev–Trinajstić information content (AvgIpc) is 2.83. The zero-order valence-corrected chi connectivity index (χ0v) is 14.2. The van der Waals surface area contributed by atoms with E-state index in [-0.39, 0.29) is 18.4 Å². The van der Waals surface area contributed by atoms with Gasteiger partial charge in [-0.25, -0.2) is 0 Å². The number of rotatable bonds is 6. The Morgan fingerprint density at radius 1 is 1.43 bits per heavy atom. The van der Waals surface area contributed by atoms with E-state index in [1.165, 1.54) is 0 Å². The van der Waals surface area contributed by atoms with Gasteiger partial charge in [0.1, 0.15) is 6.54 Å². The van der Waals surface area contributed by atoms with E-state index in [1.54, 1.807) is 16.7 Å². The maximum Gasteiger partial charge on any atom is 0.244 e. The van der Waals surface area contributed by atoms with Crippen molar-refractivity contribution in [2.24, 2.45) is 11.1 Å². The molecule has 0 spiro atoms. The number of ether oxygens (including phenoxy) is 1. The number of methoxy groups -OCH3 is 1. The molecule has 2 amide bonds. The van der Waals surface area contributed by atoms with E-state index < -0.39 is 5.41 Å². The lowest BCUT2D eigenvalue weighted by atomic mass is 9.76. The number of carbonyl (C=O) groups excluding carboxylic acids is 2. The van der Waals surface area contributed by atoms with Crippen molar-refractivity contribution < 1.29 is 14.3 Å². The van der Waals surface area contributed by atoms with Crippen LogP contribution in [0.1, 0.15) is 30.7 Å². The number of carbonyl (C=O) groups is 2. The van der Waals surface area contributed by atoms with Crippen LogP contribution in [0.4, 0.5) is 0 Å². The molecule has 1 aliphatic heterocycles. The first-order chi connectivity index (χ1) is 10.9. The third-order valence-electron chi connectivity index (χ3n) is 4.63. The summed E-state index contributed by atoms with van der Waals surface area (Å²) < 4.78 is 6.81. The highest BCUT2D eigenvalue weighted by Crippen LogP contribution is 2.33. The fourth-order valence-electron chi connectivity index (χ4n) is 3.23. The van der Waals surface area contributed by atoms with Crippen molar-refractivity contribution in [3.63, 3.8) is 0 Å². The highest BCUT2D eigenvalue weighted by molar-refractivity contribution is 5.83. The Kier molecular flexibility index (Phi) is 5.41. The van der Waals surface area contributed by atoms with Crippen LogP contribution >= 0.6 is 0 Å². The van der Waals surface area contributed by atoms with Gasteiger partial charge in [-0.3, -0.25) is 14.3 Å². The number of primary amides is 1. The number of hydrogen-bond acceptors (Lipinski definition) is 4. The van der Waals surface area contributed by atoms with Gasteiger partial charge in [0, 0.05) is 32.5 Å². The summed E-state index contributed by atoms with van der Waals surface area (Å²) in [6.07, 6.45) is 2.02. The van der Waals surface area contributed by atoms with Gasteiger partial charge >= 0.3 is 0 Å². The molecule has 23 heavy (non-hydrogen) atoms. The summed E-state index contributed by atoms with van der Waals surface area (Å²) in [5.74, 6) is -0.378. The molecule has 2 N–H and O–H groups in total. The minimum atomic E-state index is -0.682. The molecule has 7 nitrogen and oxygen atoms in total. The SMILES string of the molecule is COCCC1(C(N)=O)CCCN(C(=O)Cn2nc(C)cc2C)C1. The molecule has 1 unspecified atom stereocenters. The normalized spacial score (nSPS) is 21.4. The molecule has 2 heterocycles. The van der Waals surface area contributed by atoms with E-state index in [4.69, 9.17) is 10.5 Å². The molecule has 1 aliphatic rings. The molecule has 7 heteroatoms. The third-order valence-corrected chi connectivity index (χ3v) is 4.63. The van der Waals surface area contributed by atoms with Crippen LogP contribution in [0, 0.1) is 19.3 Å². The fraction of sp³-hybridized carbons (Fsp3) is 0.688. The Labute approximate surface area is 136 Å². The summed E-state index contributed by atoms with van der Waals surface area (Å²) in [6, 6.07) is 1.94. The number of aromatic nitrogens is 2. The van der Waals surface area contributed by atoms with Crippen LogP contribution in [0.2, 0.25) is 0 Å². The van der Waals surface area contributed by atoms with Crippen molar-refractivity contribution in [2.75, 3.05) is 26.8 Å². The van der Waals surface area contributed by atoms with E-state index >= 15 is 0 Å². The smallest absolute Gasteiger partial charge is 0.244 e. The van der Waals surface area contributed by atoms with Crippen LogP contribution in [0.5, 0.6) is 0 Å². The first-order valence-corrected chi connectivity index (χ1v) is 7.95. The van der Waals surface area contributed by atoms with Crippen LogP contribution in [0.15, 0.2) is 6.07 Å². The topological polar surface area (TPSA) is 90.5 Å². The first kappa shape index (κ1) is 17.5. The van der Waals surface area contributed by atoms with Crippen LogP contribution in [-0.4, -0.2) is 53.3 Å². The molecule has 1 atom stereocenters. The number of amides is 2. The highest BCUT2D eigenvalue weighted by atomic mass is 16.5. The van der Waals surface area contributed by atoms with Crippen molar-refractivity contribution in [2.45, 2.75) is 39.7 Å². The van der Waals surface area contributed by atoms with Crippen LogP contribution in [0.3, 0.4) is 0 Å². The van der Waals surface area contributed by atoms with Gasteiger partial charge in [0.2, 0.25) is 11.8 Å². The van der Waals surface area contributed by atoms with Crippen LogP contribution in [0.25, 0.3) is 0 Å². The zero-order valence-electron chi connectivity index (χ0n) is 14.2. The number of nitrogens with zero attached hydrogens (tertiary/aromatic N) is 3. The molecule has 128 valence electrons. The predicted molar refractivity (Wildman–Crippen MR) is 85.6 cm³/mol. The Morgan fingerprint density at radius 2 is 2.17 bits per heavy atom. The Morgan fingerprint density at radius 3 is 2.74 bits per heavy atom. The van der Waals surface area contributed by atoms with Crippen LogP contribution in [-0.2, 0) is 20.9 Å². The molecule has 0 bridgehead atoms. The number of piperidine rings is 1. The van der Waals surface area contributed by atoms with Crippen molar-refractivity contribution >= 4 is 11.8 Å². The van der Waals surface area contributed by atoms with Crippen molar-refractivity contribution in [1.82, 2.24) is 14.7 Å². The number of likely N-dealkylation sites (tertiary alicyclic amines) is 1. The Balaban J connectivity index is 2.08. The monoisotopic (exact) mass is 322 g/mol. The molecule has 0 saturated carbocycles. The van der Waals surface area contributed by atoms with Crippen molar-refractivity contribution in [3.05, 3.63) is 17.5 Å². The van der Waals surface area contributed by atoms with Crippen molar-refractivity contribution in [1.29, 1.82) is 0 Å². The van der Waals surface area contributed by atoms with Gasteiger partial charge < -0.3 is 15.4 Å². The molecule has 0 radical (unpaired) electrons. The van der Waals surface area contributed by atoms with Gasteiger partial charge in [-0.1, -0.05) is 0 Å². The summed E-state index contributed by atoms with van der Waals surface area (Å²) in [4.78, 5) is 26.3. The number of hydrogen-bond donors (Lipinski definition) is 1. The second kappa shape index (κ2) is 7.12. The lowest BCUT2D eigenvalue weighted by Gasteiger charge is -2.40. The second-order valence-corrected chi connectivity index (χ2v) is 6.39. The molecule has 2 rings (SSSR count). The molecule has 0 aromatic carbocycles.